The number of benzene rings is 1. The summed E-state index contributed by atoms with van der Waals surface area (Å²) in [5.41, 5.74) is -0.355. The molecule has 0 bridgehead atoms. The van der Waals surface area contributed by atoms with Crippen LogP contribution in [0.1, 0.15) is 43.0 Å². The summed E-state index contributed by atoms with van der Waals surface area (Å²) in [5.74, 6) is -1.61. The summed E-state index contributed by atoms with van der Waals surface area (Å²) in [7, 11) is 0. The Morgan fingerprint density at radius 1 is 1.24 bits per heavy atom. The summed E-state index contributed by atoms with van der Waals surface area (Å²) in [6.07, 6.45) is 3.56. The van der Waals surface area contributed by atoms with Gasteiger partial charge in [-0.25, -0.2) is 8.78 Å². The first-order valence-corrected chi connectivity index (χ1v) is 6.08. The molecule has 1 fully saturated rings. The molecule has 2 unspecified atom stereocenters. The van der Waals surface area contributed by atoms with Crippen LogP contribution in [-0.2, 0) is 0 Å². The van der Waals surface area contributed by atoms with Gasteiger partial charge in [-0.3, -0.25) is 4.79 Å². The predicted octanol–water partition coefficient (Wildman–Crippen LogP) is 3.97. The highest BCUT2D eigenvalue weighted by Crippen LogP contribution is 2.32. The van der Waals surface area contributed by atoms with Crippen molar-refractivity contribution in [3.63, 3.8) is 0 Å². The maximum absolute atomic E-state index is 13.5. The Morgan fingerprint density at radius 2 is 1.88 bits per heavy atom. The van der Waals surface area contributed by atoms with Gasteiger partial charge in [-0.2, -0.15) is 0 Å². The van der Waals surface area contributed by atoms with Crippen LogP contribution >= 0.6 is 0 Å². The summed E-state index contributed by atoms with van der Waals surface area (Å²) < 4.78 is 27.0. The Labute approximate surface area is 99.8 Å². The second-order valence-electron chi connectivity index (χ2n) is 4.93. The molecular formula is C14H16F2O. The van der Waals surface area contributed by atoms with E-state index in [2.05, 4.69) is 6.92 Å². The van der Waals surface area contributed by atoms with Gasteiger partial charge < -0.3 is 0 Å². The molecule has 92 valence electrons. The molecule has 17 heavy (non-hydrogen) atoms. The van der Waals surface area contributed by atoms with Gasteiger partial charge in [0.2, 0.25) is 0 Å². The standard InChI is InChI=1S/C14H16F2O/c1-9-4-2-5-10(8-9)14(17)13-11(15)6-3-7-12(13)16/h3,6-7,9-10H,2,4-5,8H2,1H3. The van der Waals surface area contributed by atoms with Crippen LogP contribution in [0.2, 0.25) is 0 Å². The second kappa shape index (κ2) is 4.94. The summed E-state index contributed by atoms with van der Waals surface area (Å²) >= 11 is 0. The smallest absolute Gasteiger partial charge is 0.171 e. The van der Waals surface area contributed by atoms with E-state index in [1.54, 1.807) is 0 Å². The minimum atomic E-state index is -0.742. The van der Waals surface area contributed by atoms with Gasteiger partial charge in [0.25, 0.3) is 0 Å². The third kappa shape index (κ3) is 2.54. The first-order chi connectivity index (χ1) is 8.09. The van der Waals surface area contributed by atoms with Gasteiger partial charge in [-0.05, 0) is 30.9 Å². The summed E-state index contributed by atoms with van der Waals surface area (Å²) in [6, 6.07) is 3.57. The zero-order valence-electron chi connectivity index (χ0n) is 9.88. The van der Waals surface area contributed by atoms with Crippen LogP contribution in [0.15, 0.2) is 18.2 Å². The van der Waals surface area contributed by atoms with Gasteiger partial charge in [-0.15, -0.1) is 0 Å². The van der Waals surface area contributed by atoms with E-state index in [0.717, 1.165) is 37.8 Å². The third-order valence-corrected chi connectivity index (χ3v) is 3.52. The average molecular weight is 238 g/mol. The van der Waals surface area contributed by atoms with Crippen molar-refractivity contribution in [3.8, 4) is 0 Å². The monoisotopic (exact) mass is 238 g/mol. The Bertz CT molecular complexity index is 408. The molecule has 1 aromatic rings. The van der Waals surface area contributed by atoms with E-state index >= 15 is 0 Å². The van der Waals surface area contributed by atoms with Crippen molar-refractivity contribution in [1.29, 1.82) is 0 Å². The van der Waals surface area contributed by atoms with Gasteiger partial charge in [0.05, 0.1) is 5.56 Å². The highest BCUT2D eigenvalue weighted by atomic mass is 19.1. The lowest BCUT2D eigenvalue weighted by atomic mass is 9.78. The fourth-order valence-corrected chi connectivity index (χ4v) is 2.61. The van der Waals surface area contributed by atoms with Crippen molar-refractivity contribution in [1.82, 2.24) is 0 Å². The first kappa shape index (κ1) is 12.2. The minimum Gasteiger partial charge on any atom is -0.294 e. The number of carbonyl (C=O) groups is 1. The maximum Gasteiger partial charge on any atom is 0.171 e. The van der Waals surface area contributed by atoms with Crippen LogP contribution < -0.4 is 0 Å². The van der Waals surface area contributed by atoms with E-state index in [1.807, 2.05) is 0 Å². The van der Waals surface area contributed by atoms with Crippen molar-refractivity contribution < 1.29 is 13.6 Å². The van der Waals surface area contributed by atoms with Gasteiger partial charge in [0.1, 0.15) is 11.6 Å². The Balaban J connectivity index is 2.24. The molecule has 0 spiro atoms. The van der Waals surface area contributed by atoms with E-state index in [9.17, 15) is 13.6 Å². The fourth-order valence-electron chi connectivity index (χ4n) is 2.61. The highest BCUT2D eigenvalue weighted by Gasteiger charge is 2.29. The molecule has 3 heteroatoms. The zero-order valence-corrected chi connectivity index (χ0v) is 9.88. The van der Waals surface area contributed by atoms with E-state index in [-0.39, 0.29) is 17.3 Å². The van der Waals surface area contributed by atoms with Crippen molar-refractivity contribution >= 4 is 5.78 Å². The molecule has 0 saturated heterocycles. The number of hydrogen-bond donors (Lipinski definition) is 0. The minimum absolute atomic E-state index is 0.217. The molecular weight excluding hydrogens is 222 g/mol. The SMILES string of the molecule is CC1CCCC(C(=O)c2c(F)cccc2F)C1. The molecule has 0 N–H and O–H groups in total. The average Bonchev–Trinajstić information content (AvgIpc) is 2.28. The molecule has 0 radical (unpaired) electrons. The summed E-state index contributed by atoms with van der Waals surface area (Å²) in [6.45, 7) is 2.08. The fraction of sp³-hybridized carbons (Fsp3) is 0.500. The maximum atomic E-state index is 13.5. The number of Topliss-reactive ketones (excluding diaryl/α,β-unsaturated/α-hetero) is 1. The zero-order chi connectivity index (χ0) is 12.4. The lowest BCUT2D eigenvalue weighted by Gasteiger charge is -2.25. The Hall–Kier alpha value is -1.25. The van der Waals surface area contributed by atoms with Crippen molar-refractivity contribution in [2.45, 2.75) is 32.6 Å². The quantitative estimate of drug-likeness (QED) is 0.712. The normalized spacial score (nSPS) is 24.6. The number of hydrogen-bond acceptors (Lipinski definition) is 1. The highest BCUT2D eigenvalue weighted by molar-refractivity contribution is 5.98. The predicted molar refractivity (Wildman–Crippen MR) is 61.8 cm³/mol. The molecule has 0 aromatic heterocycles. The number of carbonyl (C=O) groups excluding carboxylic acids is 1. The van der Waals surface area contributed by atoms with Crippen LogP contribution in [-0.4, -0.2) is 5.78 Å². The first-order valence-electron chi connectivity index (χ1n) is 6.08. The summed E-state index contributed by atoms with van der Waals surface area (Å²) in [4.78, 5) is 12.1. The molecule has 0 amide bonds. The van der Waals surface area contributed by atoms with Crippen molar-refractivity contribution in [2.75, 3.05) is 0 Å². The van der Waals surface area contributed by atoms with Crippen LogP contribution in [0.5, 0.6) is 0 Å². The summed E-state index contributed by atoms with van der Waals surface area (Å²) in [5, 5.41) is 0. The largest absolute Gasteiger partial charge is 0.294 e. The van der Waals surface area contributed by atoms with Gasteiger partial charge in [0, 0.05) is 5.92 Å². The molecule has 1 saturated carbocycles. The Kier molecular flexibility index (Phi) is 3.55. The number of rotatable bonds is 2. The van der Waals surface area contributed by atoms with Gasteiger partial charge >= 0.3 is 0 Å². The van der Waals surface area contributed by atoms with E-state index in [4.69, 9.17) is 0 Å². The van der Waals surface area contributed by atoms with E-state index < -0.39 is 11.6 Å². The van der Waals surface area contributed by atoms with E-state index in [0.29, 0.717) is 5.92 Å². The topological polar surface area (TPSA) is 17.1 Å². The van der Waals surface area contributed by atoms with Crippen LogP contribution in [0.25, 0.3) is 0 Å². The molecule has 1 aliphatic carbocycles. The number of ketones is 1. The van der Waals surface area contributed by atoms with Gasteiger partial charge in [-0.1, -0.05) is 25.8 Å². The molecule has 0 aliphatic heterocycles. The second-order valence-corrected chi connectivity index (χ2v) is 4.93. The van der Waals surface area contributed by atoms with Crippen molar-refractivity contribution in [2.24, 2.45) is 11.8 Å². The lowest BCUT2D eigenvalue weighted by molar-refractivity contribution is 0.0859. The molecule has 1 aliphatic rings. The third-order valence-electron chi connectivity index (χ3n) is 3.52. The van der Waals surface area contributed by atoms with Crippen LogP contribution in [0.3, 0.4) is 0 Å². The van der Waals surface area contributed by atoms with Crippen LogP contribution in [0.4, 0.5) is 8.78 Å². The van der Waals surface area contributed by atoms with E-state index in [1.165, 1.54) is 6.07 Å². The Morgan fingerprint density at radius 3 is 2.47 bits per heavy atom. The van der Waals surface area contributed by atoms with Crippen molar-refractivity contribution in [3.05, 3.63) is 35.4 Å². The molecule has 1 nitrogen and oxygen atoms in total. The molecule has 1 aromatic carbocycles. The molecule has 2 rings (SSSR count). The van der Waals surface area contributed by atoms with Gasteiger partial charge in [0.15, 0.2) is 5.78 Å². The number of halogens is 2. The lowest BCUT2D eigenvalue weighted by Crippen LogP contribution is -2.23. The molecule has 0 heterocycles. The molecule has 2 atom stereocenters. The van der Waals surface area contributed by atoms with Crippen LogP contribution in [0, 0.1) is 23.5 Å².